The van der Waals surface area contributed by atoms with Crippen LogP contribution < -0.4 is 0 Å². The largest absolute Gasteiger partial charge is 0.465 e. The molecule has 104 valence electrons. The summed E-state index contributed by atoms with van der Waals surface area (Å²) in [7, 11) is 0. The number of rotatable bonds is 3. The molecule has 0 amide bonds. The van der Waals surface area contributed by atoms with Crippen molar-refractivity contribution in [1.82, 2.24) is 0 Å². The van der Waals surface area contributed by atoms with Crippen LogP contribution in [0.25, 0.3) is 0 Å². The summed E-state index contributed by atoms with van der Waals surface area (Å²) in [5, 5.41) is 10.9. The lowest BCUT2D eigenvalue weighted by Gasteiger charge is -2.38. The highest BCUT2D eigenvalue weighted by Crippen LogP contribution is 2.49. The number of hydrogen-bond donors (Lipinski definition) is 1. The fourth-order valence-electron chi connectivity index (χ4n) is 2.77. The summed E-state index contributed by atoms with van der Waals surface area (Å²) in [4.78, 5) is 12.1. The van der Waals surface area contributed by atoms with Crippen LogP contribution in [0.1, 0.15) is 38.3 Å². The molecule has 1 aliphatic carbocycles. The number of fused-ring (bicyclic) bond motifs is 1. The molecule has 1 unspecified atom stereocenters. The van der Waals surface area contributed by atoms with E-state index in [9.17, 15) is 14.3 Å². The standard InChI is InChI=1S/C15H19FO3/c1-4-19-13(17)14(2,3)15(18)9-8-10-11(15)6-5-7-12(10)16/h5-7,18H,4,8-9H2,1-3H3. The Morgan fingerprint density at radius 3 is 2.84 bits per heavy atom. The summed E-state index contributed by atoms with van der Waals surface area (Å²) >= 11 is 0. The van der Waals surface area contributed by atoms with E-state index >= 15 is 0 Å². The van der Waals surface area contributed by atoms with Crippen LogP contribution in [0.2, 0.25) is 0 Å². The van der Waals surface area contributed by atoms with E-state index in [1.165, 1.54) is 6.07 Å². The topological polar surface area (TPSA) is 46.5 Å². The van der Waals surface area contributed by atoms with E-state index in [4.69, 9.17) is 4.74 Å². The first-order chi connectivity index (χ1) is 8.84. The number of carbonyl (C=O) groups excluding carboxylic acids is 1. The van der Waals surface area contributed by atoms with Crippen LogP contribution in [0, 0.1) is 11.2 Å². The van der Waals surface area contributed by atoms with Crippen LogP contribution in [-0.4, -0.2) is 17.7 Å². The van der Waals surface area contributed by atoms with E-state index in [1.54, 1.807) is 32.9 Å². The fourth-order valence-corrected chi connectivity index (χ4v) is 2.77. The van der Waals surface area contributed by atoms with Crippen LogP contribution in [-0.2, 0) is 21.6 Å². The van der Waals surface area contributed by atoms with Gasteiger partial charge in [0.1, 0.15) is 11.4 Å². The zero-order valence-electron chi connectivity index (χ0n) is 11.5. The quantitative estimate of drug-likeness (QED) is 0.855. The molecule has 3 nitrogen and oxygen atoms in total. The van der Waals surface area contributed by atoms with Gasteiger partial charge in [0.2, 0.25) is 0 Å². The highest BCUT2D eigenvalue weighted by Gasteiger charge is 2.54. The second-order valence-corrected chi connectivity index (χ2v) is 5.47. The molecule has 0 fully saturated rings. The van der Waals surface area contributed by atoms with Crippen LogP contribution in [0.15, 0.2) is 18.2 Å². The average Bonchev–Trinajstić information content (AvgIpc) is 2.71. The minimum atomic E-state index is -1.38. The van der Waals surface area contributed by atoms with E-state index in [-0.39, 0.29) is 12.4 Å². The number of ether oxygens (including phenoxy) is 1. The zero-order valence-corrected chi connectivity index (χ0v) is 11.5. The van der Waals surface area contributed by atoms with Gasteiger partial charge in [0.05, 0.1) is 12.0 Å². The Morgan fingerprint density at radius 1 is 1.53 bits per heavy atom. The van der Waals surface area contributed by atoms with Gasteiger partial charge >= 0.3 is 5.97 Å². The van der Waals surface area contributed by atoms with Crippen LogP contribution in [0.4, 0.5) is 4.39 Å². The maximum atomic E-state index is 13.7. The maximum Gasteiger partial charge on any atom is 0.314 e. The van der Waals surface area contributed by atoms with Crippen molar-refractivity contribution < 1.29 is 19.0 Å². The third kappa shape index (κ3) is 1.94. The molecule has 0 aromatic heterocycles. The molecular weight excluding hydrogens is 247 g/mol. The zero-order chi connectivity index (χ0) is 14.3. The van der Waals surface area contributed by atoms with Crippen molar-refractivity contribution in [3.05, 3.63) is 35.1 Å². The molecule has 0 saturated carbocycles. The second-order valence-electron chi connectivity index (χ2n) is 5.47. The number of hydrogen-bond acceptors (Lipinski definition) is 3. The Hall–Kier alpha value is -1.42. The molecule has 0 radical (unpaired) electrons. The van der Waals surface area contributed by atoms with Crippen LogP contribution in [0.5, 0.6) is 0 Å². The minimum absolute atomic E-state index is 0.258. The van der Waals surface area contributed by atoms with Gasteiger partial charge < -0.3 is 9.84 Å². The highest BCUT2D eigenvalue weighted by molar-refractivity contribution is 5.78. The Bertz CT molecular complexity index is 510. The molecule has 1 aliphatic rings. The Morgan fingerprint density at radius 2 is 2.21 bits per heavy atom. The SMILES string of the molecule is CCOC(=O)C(C)(C)C1(O)CCc2c(F)cccc21. The van der Waals surface area contributed by atoms with Crippen LogP contribution in [0.3, 0.4) is 0 Å². The summed E-state index contributed by atoms with van der Waals surface area (Å²) in [5.74, 6) is -0.789. The van der Waals surface area contributed by atoms with Gasteiger partial charge in [-0.15, -0.1) is 0 Å². The summed E-state index contributed by atoms with van der Waals surface area (Å²) < 4.78 is 18.8. The summed E-state index contributed by atoms with van der Waals surface area (Å²) in [5.41, 5.74) is -1.48. The van der Waals surface area contributed by atoms with Gasteiger partial charge in [-0.1, -0.05) is 12.1 Å². The smallest absolute Gasteiger partial charge is 0.314 e. The summed E-state index contributed by atoms with van der Waals surface area (Å²) in [6.45, 7) is 5.27. The predicted molar refractivity (Wildman–Crippen MR) is 69.0 cm³/mol. The number of aliphatic hydroxyl groups is 1. The van der Waals surface area contributed by atoms with Gasteiger partial charge in [-0.2, -0.15) is 0 Å². The van der Waals surface area contributed by atoms with Crippen LogP contribution >= 0.6 is 0 Å². The van der Waals surface area contributed by atoms with Gasteiger partial charge in [0.15, 0.2) is 0 Å². The van der Waals surface area contributed by atoms with Crippen molar-refractivity contribution in [2.24, 2.45) is 5.41 Å². The first-order valence-corrected chi connectivity index (χ1v) is 6.52. The van der Waals surface area contributed by atoms with Gasteiger partial charge in [-0.3, -0.25) is 4.79 Å². The van der Waals surface area contributed by atoms with E-state index in [0.29, 0.717) is 24.0 Å². The monoisotopic (exact) mass is 266 g/mol. The molecule has 0 spiro atoms. The Labute approximate surface area is 112 Å². The predicted octanol–water partition coefficient (Wildman–Crippen LogP) is 2.55. The molecule has 0 saturated heterocycles. The van der Waals surface area contributed by atoms with Crippen molar-refractivity contribution in [2.45, 2.75) is 39.2 Å². The molecule has 0 bridgehead atoms. The lowest BCUT2D eigenvalue weighted by atomic mass is 9.71. The van der Waals surface area contributed by atoms with Gasteiger partial charge in [0.25, 0.3) is 0 Å². The second kappa shape index (κ2) is 4.60. The minimum Gasteiger partial charge on any atom is -0.465 e. The Kier molecular flexibility index (Phi) is 3.39. The molecule has 0 heterocycles. The van der Waals surface area contributed by atoms with Crippen molar-refractivity contribution in [2.75, 3.05) is 6.61 Å². The molecule has 2 rings (SSSR count). The number of carbonyl (C=O) groups is 1. The van der Waals surface area contributed by atoms with Crippen molar-refractivity contribution in [1.29, 1.82) is 0 Å². The third-order valence-corrected chi connectivity index (χ3v) is 4.12. The molecule has 1 aromatic carbocycles. The van der Waals surface area contributed by atoms with Crippen molar-refractivity contribution in [3.63, 3.8) is 0 Å². The molecule has 1 aromatic rings. The Balaban J connectivity index is 2.47. The van der Waals surface area contributed by atoms with E-state index in [2.05, 4.69) is 0 Å². The third-order valence-electron chi connectivity index (χ3n) is 4.12. The van der Waals surface area contributed by atoms with E-state index < -0.39 is 17.0 Å². The van der Waals surface area contributed by atoms with Gasteiger partial charge in [-0.05, 0) is 50.8 Å². The molecule has 1 N–H and O–H groups in total. The molecule has 1 atom stereocenters. The maximum absolute atomic E-state index is 13.7. The first kappa shape index (κ1) is 14.0. The summed E-state index contributed by atoms with van der Waals surface area (Å²) in [6.07, 6.45) is 0.760. The van der Waals surface area contributed by atoms with Gasteiger partial charge in [0, 0.05) is 0 Å². The molecular formula is C15H19FO3. The highest BCUT2D eigenvalue weighted by atomic mass is 19.1. The normalized spacial score (nSPS) is 22.2. The number of esters is 1. The van der Waals surface area contributed by atoms with E-state index in [0.717, 1.165) is 0 Å². The number of halogens is 1. The van der Waals surface area contributed by atoms with Gasteiger partial charge in [-0.25, -0.2) is 4.39 Å². The molecule has 0 aliphatic heterocycles. The number of benzene rings is 1. The first-order valence-electron chi connectivity index (χ1n) is 6.52. The van der Waals surface area contributed by atoms with Crippen molar-refractivity contribution in [3.8, 4) is 0 Å². The van der Waals surface area contributed by atoms with Crippen molar-refractivity contribution >= 4 is 5.97 Å². The fraction of sp³-hybridized carbons (Fsp3) is 0.533. The molecule has 4 heteroatoms. The lowest BCUT2D eigenvalue weighted by molar-refractivity contribution is -0.172. The molecule has 19 heavy (non-hydrogen) atoms. The summed E-state index contributed by atoms with van der Waals surface area (Å²) in [6, 6.07) is 4.63. The average molecular weight is 266 g/mol. The van der Waals surface area contributed by atoms with E-state index in [1.807, 2.05) is 0 Å². The lowest BCUT2D eigenvalue weighted by Crippen LogP contribution is -2.46.